The molecule has 0 aliphatic rings. The zero-order valence-corrected chi connectivity index (χ0v) is 8.61. The summed E-state index contributed by atoms with van der Waals surface area (Å²) in [4.78, 5) is 0. The lowest BCUT2D eigenvalue weighted by Crippen LogP contribution is -1.75. The second-order valence-electron chi connectivity index (χ2n) is 2.43. The van der Waals surface area contributed by atoms with Crippen LogP contribution in [0, 0.1) is 0 Å². The summed E-state index contributed by atoms with van der Waals surface area (Å²) in [6.07, 6.45) is 5.74. The lowest BCUT2D eigenvalue weighted by Gasteiger charge is -1.93. The van der Waals surface area contributed by atoms with E-state index in [1.54, 1.807) is 7.11 Å². The maximum Gasteiger partial charge on any atom is 0.0884 e. The largest absolute Gasteiger partial charge is 0.502 e. The Morgan fingerprint density at radius 2 is 1.64 bits per heavy atom. The van der Waals surface area contributed by atoms with Crippen LogP contribution < -0.4 is 0 Å². The van der Waals surface area contributed by atoms with Crippen LogP contribution in [-0.4, -0.2) is 7.11 Å². The Bertz CT molecular complexity index is 82.9. The highest BCUT2D eigenvalue weighted by molar-refractivity contribution is 4.85. The van der Waals surface area contributed by atoms with Crippen LogP contribution in [0.25, 0.3) is 0 Å². The predicted octanol–water partition coefficient (Wildman–Crippen LogP) is 3.75. The molecule has 68 valence electrons. The molecule has 0 radical (unpaired) electrons. The van der Waals surface area contributed by atoms with Crippen LogP contribution in [0.2, 0.25) is 0 Å². The van der Waals surface area contributed by atoms with Crippen molar-refractivity contribution in [1.29, 1.82) is 0 Å². The normalized spacial score (nSPS) is 10.1. The van der Waals surface area contributed by atoms with Gasteiger partial charge in [0.05, 0.1) is 12.9 Å². The van der Waals surface area contributed by atoms with Gasteiger partial charge in [-0.15, -0.1) is 0 Å². The quantitative estimate of drug-likeness (QED) is 0.568. The molecule has 0 atom stereocenters. The molecule has 0 aliphatic carbocycles. The summed E-state index contributed by atoms with van der Waals surface area (Å²) in [5.74, 6) is 1.00. The lowest BCUT2D eigenvalue weighted by atomic mass is 10.4. The molecule has 0 aliphatic heterocycles. The number of hydrogen-bond acceptors (Lipinski definition) is 1. The first-order chi connectivity index (χ1) is 5.22. The van der Waals surface area contributed by atoms with Crippen LogP contribution in [0.3, 0.4) is 0 Å². The van der Waals surface area contributed by atoms with E-state index in [4.69, 9.17) is 4.74 Å². The Kier molecular flexibility index (Phi) is 14.6. The first kappa shape index (κ1) is 13.2. The maximum atomic E-state index is 4.85. The van der Waals surface area contributed by atoms with Gasteiger partial charge in [-0.3, -0.25) is 0 Å². The van der Waals surface area contributed by atoms with E-state index in [1.165, 1.54) is 12.8 Å². The first-order valence-electron chi connectivity index (χ1n) is 4.43. The van der Waals surface area contributed by atoms with Crippen molar-refractivity contribution in [3.05, 3.63) is 11.8 Å². The average molecular weight is 158 g/mol. The Morgan fingerprint density at radius 3 is 1.73 bits per heavy atom. The molecule has 0 fully saturated rings. The fraction of sp³-hybridized carbons (Fsp3) is 0.800. The van der Waals surface area contributed by atoms with E-state index in [0.29, 0.717) is 0 Å². The molecule has 0 unspecified atom stereocenters. The third-order valence-electron chi connectivity index (χ3n) is 1.31. The van der Waals surface area contributed by atoms with Gasteiger partial charge in [0, 0.05) is 0 Å². The third-order valence-corrected chi connectivity index (χ3v) is 1.31. The number of allylic oxidation sites excluding steroid dienone is 2. The van der Waals surface area contributed by atoms with Crippen molar-refractivity contribution in [3.8, 4) is 0 Å². The summed E-state index contributed by atoms with van der Waals surface area (Å²) in [6.45, 7) is 8.39. The monoisotopic (exact) mass is 158 g/mol. The summed E-state index contributed by atoms with van der Waals surface area (Å²) in [5.41, 5.74) is 0. The summed E-state index contributed by atoms with van der Waals surface area (Å²) < 4.78 is 4.85. The van der Waals surface area contributed by atoms with Crippen LogP contribution >= 0.6 is 0 Å². The highest BCUT2D eigenvalue weighted by Crippen LogP contribution is 1.92. The average Bonchev–Trinajstić information content (AvgIpc) is 2.05. The molecule has 0 saturated heterocycles. The van der Waals surface area contributed by atoms with Crippen molar-refractivity contribution < 1.29 is 4.74 Å². The fourth-order valence-electron chi connectivity index (χ4n) is 0.371. The van der Waals surface area contributed by atoms with Crippen LogP contribution in [-0.2, 0) is 4.74 Å². The van der Waals surface area contributed by atoms with Gasteiger partial charge >= 0.3 is 0 Å². The van der Waals surface area contributed by atoms with E-state index in [9.17, 15) is 0 Å². The van der Waals surface area contributed by atoms with Gasteiger partial charge in [-0.05, 0) is 19.4 Å². The molecule has 0 spiro atoms. The van der Waals surface area contributed by atoms with Crippen molar-refractivity contribution in [2.75, 3.05) is 7.11 Å². The Balaban J connectivity index is 0. The second kappa shape index (κ2) is 12.2. The SMILES string of the molecule is CC/C=C(\C)OC.CCCC. The van der Waals surface area contributed by atoms with Gasteiger partial charge in [0.1, 0.15) is 0 Å². The van der Waals surface area contributed by atoms with Gasteiger partial charge in [-0.1, -0.05) is 33.6 Å². The standard InChI is InChI=1S/C6H12O.C4H10/c1-4-5-6(2)7-3;1-3-4-2/h5H,4H2,1-3H3;3-4H2,1-2H3/b6-5+;. The third kappa shape index (κ3) is 17.7. The molecular weight excluding hydrogens is 136 g/mol. The molecule has 0 heterocycles. The first-order valence-corrected chi connectivity index (χ1v) is 4.43. The smallest absolute Gasteiger partial charge is 0.0884 e. The van der Waals surface area contributed by atoms with Crippen LogP contribution in [0.5, 0.6) is 0 Å². The van der Waals surface area contributed by atoms with Crippen molar-refractivity contribution >= 4 is 0 Å². The maximum absolute atomic E-state index is 4.85. The fourth-order valence-corrected chi connectivity index (χ4v) is 0.371. The van der Waals surface area contributed by atoms with E-state index in [1.807, 2.05) is 13.0 Å². The van der Waals surface area contributed by atoms with Gasteiger partial charge in [0.25, 0.3) is 0 Å². The number of hydrogen-bond donors (Lipinski definition) is 0. The minimum atomic E-state index is 1.00. The summed E-state index contributed by atoms with van der Waals surface area (Å²) in [6, 6.07) is 0. The van der Waals surface area contributed by atoms with Crippen molar-refractivity contribution in [2.24, 2.45) is 0 Å². The molecule has 0 bridgehead atoms. The van der Waals surface area contributed by atoms with Crippen molar-refractivity contribution in [3.63, 3.8) is 0 Å². The summed E-state index contributed by atoms with van der Waals surface area (Å²) in [5, 5.41) is 0. The molecule has 0 aromatic heterocycles. The Morgan fingerprint density at radius 1 is 1.18 bits per heavy atom. The van der Waals surface area contributed by atoms with E-state index < -0.39 is 0 Å². The number of unbranched alkanes of at least 4 members (excludes halogenated alkanes) is 1. The van der Waals surface area contributed by atoms with Crippen LogP contribution in [0.4, 0.5) is 0 Å². The molecule has 0 N–H and O–H groups in total. The Labute approximate surface area is 71.5 Å². The zero-order chi connectivity index (χ0) is 9.11. The van der Waals surface area contributed by atoms with Gasteiger partial charge in [-0.2, -0.15) is 0 Å². The molecule has 0 aromatic rings. The molecule has 0 aromatic carbocycles. The van der Waals surface area contributed by atoms with Crippen molar-refractivity contribution in [1.82, 2.24) is 0 Å². The molecule has 1 nitrogen and oxygen atoms in total. The molecule has 1 heteroatoms. The lowest BCUT2D eigenvalue weighted by molar-refractivity contribution is 0.292. The topological polar surface area (TPSA) is 9.23 Å². The van der Waals surface area contributed by atoms with E-state index in [-0.39, 0.29) is 0 Å². The van der Waals surface area contributed by atoms with Crippen LogP contribution in [0.15, 0.2) is 11.8 Å². The molecule has 11 heavy (non-hydrogen) atoms. The molecule has 0 saturated carbocycles. The molecule has 0 rings (SSSR count). The minimum Gasteiger partial charge on any atom is -0.502 e. The Hall–Kier alpha value is -0.460. The summed E-state index contributed by atoms with van der Waals surface area (Å²) >= 11 is 0. The molecular formula is C10H22O. The van der Waals surface area contributed by atoms with E-state index in [2.05, 4.69) is 20.8 Å². The highest BCUT2D eigenvalue weighted by atomic mass is 16.5. The number of ether oxygens (including phenoxy) is 1. The highest BCUT2D eigenvalue weighted by Gasteiger charge is 1.76. The number of rotatable bonds is 3. The summed E-state index contributed by atoms with van der Waals surface area (Å²) in [7, 11) is 1.68. The second-order valence-corrected chi connectivity index (χ2v) is 2.43. The number of methoxy groups -OCH3 is 1. The van der Waals surface area contributed by atoms with Gasteiger partial charge in [-0.25, -0.2) is 0 Å². The van der Waals surface area contributed by atoms with Crippen LogP contribution in [0.1, 0.15) is 47.0 Å². The van der Waals surface area contributed by atoms with Gasteiger partial charge < -0.3 is 4.74 Å². The predicted molar refractivity (Wildman–Crippen MR) is 51.6 cm³/mol. The minimum absolute atomic E-state index is 1.00. The van der Waals surface area contributed by atoms with Crippen molar-refractivity contribution in [2.45, 2.75) is 47.0 Å². The molecule has 0 amide bonds. The zero-order valence-electron chi connectivity index (χ0n) is 8.61. The van der Waals surface area contributed by atoms with E-state index in [0.717, 1.165) is 12.2 Å². The van der Waals surface area contributed by atoms with Gasteiger partial charge in [0.15, 0.2) is 0 Å². The van der Waals surface area contributed by atoms with E-state index >= 15 is 0 Å². The van der Waals surface area contributed by atoms with Gasteiger partial charge in [0.2, 0.25) is 0 Å².